The molecular formula is C33H23N13. The Hall–Kier alpha value is -6.63. The first kappa shape index (κ1) is 25.8. The van der Waals surface area contributed by atoms with Crippen LogP contribution in [0.25, 0.3) is 11.4 Å². The van der Waals surface area contributed by atoms with Crippen LogP contribution in [0.5, 0.6) is 0 Å². The Morgan fingerprint density at radius 2 is 1.00 bits per heavy atom. The summed E-state index contributed by atoms with van der Waals surface area (Å²) < 4.78 is 3.59. The Morgan fingerprint density at radius 3 is 1.57 bits per heavy atom. The van der Waals surface area contributed by atoms with Gasteiger partial charge in [0, 0.05) is 12.6 Å². The minimum Gasteiger partial charge on any atom is -0.255 e. The van der Waals surface area contributed by atoms with Crippen molar-refractivity contribution in [3.8, 4) is 11.4 Å². The lowest BCUT2D eigenvalue weighted by Gasteiger charge is -2.32. The highest BCUT2D eigenvalue weighted by atomic mass is 15.5. The highest BCUT2D eigenvalue weighted by Gasteiger charge is 2.39. The third-order valence-corrected chi connectivity index (χ3v) is 7.75. The maximum atomic E-state index is 4.96. The number of aromatic nitrogens is 4. The van der Waals surface area contributed by atoms with Crippen LogP contribution in [0.15, 0.2) is 151 Å². The number of para-hydroxylation sites is 3. The molecular weight excluding hydrogens is 578 g/mol. The molecule has 0 saturated carbocycles. The van der Waals surface area contributed by atoms with E-state index in [0.29, 0.717) is 53.2 Å². The van der Waals surface area contributed by atoms with E-state index in [9.17, 15) is 0 Å². The summed E-state index contributed by atoms with van der Waals surface area (Å²) in [5.74, 6) is 2.43. The van der Waals surface area contributed by atoms with E-state index in [2.05, 4.69) is 15.3 Å². The second kappa shape index (κ2) is 10.5. The molecule has 13 heteroatoms. The molecule has 0 amide bonds. The highest BCUT2D eigenvalue weighted by Crippen LogP contribution is 2.28. The number of guanidine groups is 3. The van der Waals surface area contributed by atoms with Gasteiger partial charge >= 0.3 is 0 Å². The molecule has 0 bridgehead atoms. The number of benzene rings is 3. The summed E-state index contributed by atoms with van der Waals surface area (Å²) in [4.78, 5) is 31.3. The van der Waals surface area contributed by atoms with E-state index in [1.165, 1.54) is 0 Å². The molecule has 4 aliphatic heterocycles. The largest absolute Gasteiger partial charge is 0.255 e. The Kier molecular flexibility index (Phi) is 5.91. The second-order valence-electron chi connectivity index (χ2n) is 10.6. The Bertz CT molecular complexity index is 2110. The number of nitrogens with zero attached hydrogens (tertiary/aromatic N) is 13. The molecule has 220 valence electrons. The second-order valence-corrected chi connectivity index (χ2v) is 10.6. The highest BCUT2D eigenvalue weighted by molar-refractivity contribution is 6.33. The van der Waals surface area contributed by atoms with Crippen LogP contribution in [0.4, 0.5) is 5.69 Å². The standard InChI is InChI=1S/C33H23N13/c1-4-10-22(11-5-1)44-25(16-19-34-44)28-37-31-39-29(26-17-20-35-45(26)23-12-6-2-7-13-23)41-33-42-30(40-32(38-28)43(31)33)27-18-21-36-46(27)24-14-8-3-9-15-24/h1-17,19-21,27H,18H2. The van der Waals surface area contributed by atoms with Crippen molar-refractivity contribution in [1.82, 2.24) is 24.5 Å². The van der Waals surface area contributed by atoms with Crippen LogP contribution in [0.1, 0.15) is 17.8 Å². The minimum absolute atomic E-state index is 0.257. The fraction of sp³-hybridized carbons (Fsp3) is 0.0606. The molecule has 13 nitrogen and oxygen atoms in total. The third-order valence-electron chi connectivity index (χ3n) is 7.75. The average molecular weight is 602 g/mol. The molecule has 0 radical (unpaired) electrons. The molecule has 2 aromatic heterocycles. The van der Waals surface area contributed by atoms with Crippen LogP contribution in [0.2, 0.25) is 0 Å². The van der Waals surface area contributed by atoms with Gasteiger partial charge in [0.1, 0.15) is 17.4 Å². The van der Waals surface area contributed by atoms with E-state index in [1.54, 1.807) is 26.7 Å². The topological polar surface area (TPSA) is 129 Å². The van der Waals surface area contributed by atoms with E-state index in [4.69, 9.17) is 30.0 Å². The van der Waals surface area contributed by atoms with Crippen LogP contribution < -0.4 is 5.01 Å². The van der Waals surface area contributed by atoms with E-state index < -0.39 is 0 Å². The van der Waals surface area contributed by atoms with E-state index in [-0.39, 0.29) is 6.04 Å². The molecule has 0 aliphatic carbocycles. The van der Waals surface area contributed by atoms with Gasteiger partial charge in [-0.3, -0.25) is 5.01 Å². The van der Waals surface area contributed by atoms with Gasteiger partial charge in [-0.2, -0.15) is 45.3 Å². The normalized spacial score (nSPS) is 18.3. The van der Waals surface area contributed by atoms with Crippen LogP contribution >= 0.6 is 0 Å². The van der Waals surface area contributed by atoms with Gasteiger partial charge in [0.05, 0.1) is 29.5 Å². The lowest BCUT2D eigenvalue weighted by molar-refractivity contribution is 0.783. The molecule has 0 saturated heterocycles. The van der Waals surface area contributed by atoms with Crippen molar-refractivity contribution in [2.45, 2.75) is 12.5 Å². The van der Waals surface area contributed by atoms with Gasteiger partial charge in [0.25, 0.3) is 0 Å². The minimum atomic E-state index is -0.257. The van der Waals surface area contributed by atoms with Crippen molar-refractivity contribution in [2.24, 2.45) is 35.1 Å². The molecule has 0 fully saturated rings. The summed E-state index contributed by atoms with van der Waals surface area (Å²) >= 11 is 0. The molecule has 3 aromatic carbocycles. The molecule has 1 atom stereocenters. The lowest BCUT2D eigenvalue weighted by Crippen LogP contribution is -2.50. The molecule has 1 unspecified atom stereocenters. The van der Waals surface area contributed by atoms with Gasteiger partial charge < -0.3 is 0 Å². The summed E-state index contributed by atoms with van der Waals surface area (Å²) in [5.41, 5.74) is 4.08. The van der Waals surface area contributed by atoms with Crippen molar-refractivity contribution in [1.29, 1.82) is 0 Å². The number of hydrogen-bond acceptors (Lipinski definition) is 11. The summed E-state index contributed by atoms with van der Waals surface area (Å²) in [7, 11) is 0. The van der Waals surface area contributed by atoms with Crippen molar-refractivity contribution >= 4 is 47.3 Å². The van der Waals surface area contributed by atoms with Gasteiger partial charge in [0.2, 0.25) is 17.9 Å². The number of rotatable bonds is 6. The number of anilines is 1. The molecule has 5 aromatic rings. The Morgan fingerprint density at radius 1 is 0.500 bits per heavy atom. The number of hydrogen-bond donors (Lipinski definition) is 0. The molecule has 4 aliphatic rings. The molecule has 46 heavy (non-hydrogen) atoms. The van der Waals surface area contributed by atoms with Crippen molar-refractivity contribution < 1.29 is 0 Å². The summed E-state index contributed by atoms with van der Waals surface area (Å²) in [6.07, 6.45) is 5.95. The first-order chi connectivity index (χ1) is 22.8. The maximum Gasteiger partial charge on any atom is 0.243 e. The molecule has 0 N–H and O–H groups in total. The summed E-state index contributed by atoms with van der Waals surface area (Å²) in [6, 6.07) is 33.1. The fourth-order valence-electron chi connectivity index (χ4n) is 5.63. The van der Waals surface area contributed by atoms with Crippen LogP contribution in [-0.2, 0) is 0 Å². The molecule has 9 rings (SSSR count). The quantitative estimate of drug-likeness (QED) is 0.287. The zero-order valence-corrected chi connectivity index (χ0v) is 24.1. The van der Waals surface area contributed by atoms with Gasteiger partial charge in [-0.25, -0.2) is 14.3 Å². The molecule has 6 heterocycles. The average Bonchev–Trinajstić information content (AvgIpc) is 3.91. The van der Waals surface area contributed by atoms with E-state index >= 15 is 0 Å². The maximum absolute atomic E-state index is 4.96. The van der Waals surface area contributed by atoms with Crippen LogP contribution in [-0.4, -0.2) is 72.1 Å². The number of amidine groups is 3. The number of hydrazone groups is 1. The van der Waals surface area contributed by atoms with Gasteiger partial charge in [0.15, 0.2) is 17.5 Å². The summed E-state index contributed by atoms with van der Waals surface area (Å²) in [6.45, 7) is 0. The Balaban J connectivity index is 1.20. The van der Waals surface area contributed by atoms with Gasteiger partial charge in [-0.05, 0) is 48.5 Å². The van der Waals surface area contributed by atoms with E-state index in [1.807, 2.05) is 114 Å². The monoisotopic (exact) mass is 601 g/mol. The lowest BCUT2D eigenvalue weighted by atomic mass is 10.2. The smallest absolute Gasteiger partial charge is 0.243 e. The van der Waals surface area contributed by atoms with Crippen molar-refractivity contribution in [3.05, 3.63) is 127 Å². The predicted molar refractivity (Wildman–Crippen MR) is 178 cm³/mol. The van der Waals surface area contributed by atoms with Crippen molar-refractivity contribution in [2.75, 3.05) is 5.01 Å². The zero-order chi connectivity index (χ0) is 30.5. The van der Waals surface area contributed by atoms with Crippen LogP contribution in [0, 0.1) is 0 Å². The summed E-state index contributed by atoms with van der Waals surface area (Å²) in [5, 5.41) is 15.7. The zero-order valence-electron chi connectivity index (χ0n) is 24.1. The van der Waals surface area contributed by atoms with Gasteiger partial charge in [-0.15, -0.1) is 0 Å². The Labute approximate surface area is 262 Å². The fourth-order valence-corrected chi connectivity index (χ4v) is 5.63. The third kappa shape index (κ3) is 4.29. The van der Waals surface area contributed by atoms with Crippen molar-refractivity contribution in [3.63, 3.8) is 0 Å². The SMILES string of the molecule is C1=NN(c2ccccc2)C(C2=NC3=NC(c4ccnn4-c4ccccc4)=NC4=NC(c5ccnn5-c5ccccc5)=NC(=N2)N43)C1. The first-order valence-electron chi connectivity index (χ1n) is 14.7. The van der Waals surface area contributed by atoms with Crippen LogP contribution in [0.3, 0.4) is 0 Å². The molecule has 0 spiro atoms. The van der Waals surface area contributed by atoms with E-state index in [0.717, 1.165) is 17.1 Å². The van der Waals surface area contributed by atoms with Gasteiger partial charge in [-0.1, -0.05) is 54.6 Å². The first-order valence-corrected chi connectivity index (χ1v) is 14.7. The number of aliphatic imine (C=N–C) groups is 6. The predicted octanol–water partition coefficient (Wildman–Crippen LogP) is 4.33.